The number of anilines is 2. The maximum absolute atomic E-state index is 13.4. The number of nitrogens with one attached hydrogen (secondary N) is 1. The summed E-state index contributed by atoms with van der Waals surface area (Å²) in [6.45, 7) is 1.85. The van der Waals surface area contributed by atoms with Crippen LogP contribution in [-0.4, -0.2) is 23.0 Å². The molecule has 8 nitrogen and oxygen atoms in total. The number of nitrogens with zero attached hydrogens (tertiary/aromatic N) is 3. The molecule has 3 N–H and O–H groups in total. The van der Waals surface area contributed by atoms with E-state index in [2.05, 4.69) is 14.7 Å². The van der Waals surface area contributed by atoms with Crippen molar-refractivity contribution in [3.63, 3.8) is 0 Å². The van der Waals surface area contributed by atoms with E-state index in [-0.39, 0.29) is 16.4 Å². The largest absolute Gasteiger partial charge is 0.369 e. The van der Waals surface area contributed by atoms with Crippen LogP contribution in [0, 0.1) is 0 Å². The molecule has 36 heavy (non-hydrogen) atoms. The Labute approximate surface area is 208 Å². The minimum absolute atomic E-state index is 0.0841. The molecule has 0 aliphatic rings. The highest BCUT2D eigenvalue weighted by Crippen LogP contribution is 2.28. The highest BCUT2D eigenvalue weighted by atomic mass is 32.2. The molecule has 0 spiro atoms. The number of aromatic nitrogens is 3. The van der Waals surface area contributed by atoms with E-state index in [1.165, 1.54) is 4.57 Å². The summed E-state index contributed by atoms with van der Waals surface area (Å²) in [5, 5.41) is 0.358. The first-order chi connectivity index (χ1) is 17.4. The van der Waals surface area contributed by atoms with E-state index in [4.69, 9.17) is 5.73 Å². The van der Waals surface area contributed by atoms with Crippen molar-refractivity contribution >= 4 is 32.6 Å². The van der Waals surface area contributed by atoms with Crippen LogP contribution in [0.2, 0.25) is 0 Å². The molecule has 0 radical (unpaired) electrons. The quantitative estimate of drug-likeness (QED) is 0.359. The zero-order valence-electron chi connectivity index (χ0n) is 19.4. The molecule has 0 unspecified atom stereocenters. The Morgan fingerprint density at radius 1 is 0.917 bits per heavy atom. The minimum Gasteiger partial charge on any atom is -0.369 e. The average molecular weight is 498 g/mol. The molecule has 0 aliphatic heterocycles. The van der Waals surface area contributed by atoms with Crippen molar-refractivity contribution in [2.24, 2.45) is 0 Å². The second-order valence-corrected chi connectivity index (χ2v) is 9.82. The highest BCUT2D eigenvalue weighted by Gasteiger charge is 2.21. The highest BCUT2D eigenvalue weighted by molar-refractivity contribution is 7.92. The van der Waals surface area contributed by atoms with Crippen LogP contribution in [0.1, 0.15) is 12.6 Å². The number of benzene rings is 3. The summed E-state index contributed by atoms with van der Waals surface area (Å²) in [6.07, 6.45) is 2.05. The van der Waals surface area contributed by atoms with Gasteiger partial charge in [-0.25, -0.2) is 18.0 Å². The lowest BCUT2D eigenvalue weighted by Crippen LogP contribution is -2.23. The molecule has 0 amide bonds. The van der Waals surface area contributed by atoms with Gasteiger partial charge in [-0.2, -0.15) is 0 Å². The van der Waals surface area contributed by atoms with E-state index in [0.717, 1.165) is 0 Å². The maximum atomic E-state index is 13.4. The van der Waals surface area contributed by atoms with Crippen LogP contribution in [0.5, 0.6) is 0 Å². The average Bonchev–Trinajstić information content (AvgIpc) is 2.89. The second-order valence-electron chi connectivity index (χ2n) is 8.17. The van der Waals surface area contributed by atoms with Gasteiger partial charge in [-0.15, -0.1) is 0 Å². The molecule has 5 aromatic rings. The molecule has 180 valence electrons. The predicted molar refractivity (Wildman–Crippen MR) is 142 cm³/mol. The molecule has 9 heteroatoms. The van der Waals surface area contributed by atoms with Gasteiger partial charge in [0.2, 0.25) is 5.95 Å². The summed E-state index contributed by atoms with van der Waals surface area (Å²) in [4.78, 5) is 22.3. The van der Waals surface area contributed by atoms with Gasteiger partial charge in [0.1, 0.15) is 4.90 Å². The third-order valence-electron chi connectivity index (χ3n) is 5.82. The smallest absolute Gasteiger partial charge is 0.267 e. The van der Waals surface area contributed by atoms with Gasteiger partial charge in [0.05, 0.1) is 22.3 Å². The van der Waals surface area contributed by atoms with Crippen LogP contribution < -0.4 is 16.0 Å². The van der Waals surface area contributed by atoms with Crippen LogP contribution in [-0.2, 0) is 16.4 Å². The fourth-order valence-electron chi connectivity index (χ4n) is 4.05. The first-order valence-electron chi connectivity index (χ1n) is 11.3. The van der Waals surface area contributed by atoms with E-state index in [1.54, 1.807) is 66.9 Å². The number of hydrogen-bond acceptors (Lipinski definition) is 6. The van der Waals surface area contributed by atoms with Gasteiger partial charge in [0, 0.05) is 17.4 Å². The molecule has 2 heterocycles. The van der Waals surface area contributed by atoms with Crippen LogP contribution in [0.25, 0.3) is 27.7 Å². The fourth-order valence-corrected chi connectivity index (χ4v) is 5.40. The summed E-state index contributed by atoms with van der Waals surface area (Å²) in [5.74, 6) is 0.0841. The Balaban J connectivity index is 1.63. The predicted octanol–water partition coefficient (Wildman–Crippen LogP) is 4.39. The number of rotatable bonds is 6. The lowest BCUT2D eigenvalue weighted by atomic mass is 10.0. The molecule has 0 saturated carbocycles. The number of nitrogens with two attached hydrogens (primary N) is 1. The van der Waals surface area contributed by atoms with Gasteiger partial charge in [0.25, 0.3) is 15.6 Å². The number of para-hydroxylation sites is 2. The molecular formula is C27H23N5O3S. The zero-order valence-corrected chi connectivity index (χ0v) is 20.2. The zero-order chi connectivity index (χ0) is 25.3. The van der Waals surface area contributed by atoms with Crippen molar-refractivity contribution in [1.29, 1.82) is 0 Å². The van der Waals surface area contributed by atoms with Crippen molar-refractivity contribution in [1.82, 2.24) is 14.5 Å². The number of aryl methyl sites for hydroxylation is 1. The molecule has 0 atom stereocenters. The Kier molecular flexibility index (Phi) is 5.99. The molecule has 0 bridgehead atoms. The van der Waals surface area contributed by atoms with Crippen molar-refractivity contribution in [2.45, 2.75) is 18.2 Å². The summed E-state index contributed by atoms with van der Waals surface area (Å²) in [5.41, 5.74) is 8.94. The monoisotopic (exact) mass is 497 g/mol. The standard InChI is InChI=1S/C27H23N5O3S/c1-2-23-25(36(34,35)31-20-9-5-3-6-10-20)16-19(17-29-23)18-13-14-24-22(15-18)26(33)32(27(28)30-24)21-11-7-4-8-12-21/h3-17,31H,2H2,1H3,(H2,28,30). The van der Waals surface area contributed by atoms with Gasteiger partial charge in [-0.05, 0) is 54.4 Å². The van der Waals surface area contributed by atoms with Gasteiger partial charge in [-0.3, -0.25) is 14.5 Å². The SMILES string of the molecule is CCc1ncc(-c2ccc3nc(N)n(-c4ccccc4)c(=O)c3c2)cc1S(=O)(=O)Nc1ccccc1. The van der Waals surface area contributed by atoms with Gasteiger partial charge < -0.3 is 5.73 Å². The second kappa shape index (κ2) is 9.27. The third kappa shape index (κ3) is 4.32. The molecule has 0 fully saturated rings. The lowest BCUT2D eigenvalue weighted by Gasteiger charge is -2.13. The van der Waals surface area contributed by atoms with E-state index < -0.39 is 10.0 Å². The third-order valence-corrected chi connectivity index (χ3v) is 7.26. The fraction of sp³-hybridized carbons (Fsp3) is 0.0741. The van der Waals surface area contributed by atoms with Crippen LogP contribution in [0.4, 0.5) is 11.6 Å². The van der Waals surface area contributed by atoms with Gasteiger partial charge in [-0.1, -0.05) is 49.4 Å². The van der Waals surface area contributed by atoms with Crippen LogP contribution >= 0.6 is 0 Å². The van der Waals surface area contributed by atoms with Crippen LogP contribution in [0.15, 0.2) is 101 Å². The number of sulfonamides is 1. The first kappa shape index (κ1) is 23.3. The van der Waals surface area contributed by atoms with Crippen molar-refractivity contribution in [3.8, 4) is 16.8 Å². The Bertz CT molecular complexity index is 1740. The summed E-state index contributed by atoms with van der Waals surface area (Å²) in [7, 11) is -3.89. The molecule has 5 rings (SSSR count). The van der Waals surface area contributed by atoms with Crippen LogP contribution in [0.3, 0.4) is 0 Å². The van der Waals surface area contributed by atoms with E-state index >= 15 is 0 Å². The Morgan fingerprint density at radius 2 is 1.61 bits per heavy atom. The number of nitrogen functional groups attached to an aromatic ring is 1. The Morgan fingerprint density at radius 3 is 2.31 bits per heavy atom. The summed E-state index contributed by atoms with van der Waals surface area (Å²) < 4.78 is 30.4. The first-order valence-corrected chi connectivity index (χ1v) is 12.8. The molecule has 2 aromatic heterocycles. The maximum Gasteiger partial charge on any atom is 0.267 e. The van der Waals surface area contributed by atoms with E-state index in [0.29, 0.717) is 45.5 Å². The number of pyridine rings is 1. The van der Waals surface area contributed by atoms with E-state index in [1.807, 2.05) is 31.2 Å². The van der Waals surface area contributed by atoms with Gasteiger partial charge in [0.15, 0.2) is 0 Å². The van der Waals surface area contributed by atoms with Crippen molar-refractivity contribution < 1.29 is 8.42 Å². The number of fused-ring (bicyclic) bond motifs is 1. The topological polar surface area (TPSA) is 120 Å². The molecule has 0 aliphatic carbocycles. The molecule has 3 aromatic carbocycles. The summed E-state index contributed by atoms with van der Waals surface area (Å²) >= 11 is 0. The van der Waals surface area contributed by atoms with Crippen molar-refractivity contribution in [2.75, 3.05) is 10.5 Å². The van der Waals surface area contributed by atoms with Gasteiger partial charge >= 0.3 is 0 Å². The lowest BCUT2D eigenvalue weighted by molar-refractivity contribution is 0.599. The van der Waals surface area contributed by atoms with Crippen molar-refractivity contribution in [3.05, 3.63) is 107 Å². The molecular weight excluding hydrogens is 474 g/mol. The normalized spacial score (nSPS) is 11.5. The minimum atomic E-state index is -3.89. The number of hydrogen-bond donors (Lipinski definition) is 2. The molecule has 0 saturated heterocycles. The Hall–Kier alpha value is -4.50. The van der Waals surface area contributed by atoms with E-state index in [9.17, 15) is 13.2 Å². The summed E-state index contributed by atoms with van der Waals surface area (Å²) in [6, 6.07) is 24.4.